The summed E-state index contributed by atoms with van der Waals surface area (Å²) in [5.74, 6) is -3.89. The Morgan fingerprint density at radius 1 is 0.927 bits per heavy atom. The lowest BCUT2D eigenvalue weighted by Gasteiger charge is -2.49. The van der Waals surface area contributed by atoms with E-state index in [0.29, 0.717) is 17.8 Å². The number of cyclic esters (lactones) is 1. The van der Waals surface area contributed by atoms with E-state index in [9.17, 15) is 30.3 Å². The molecule has 3 rings (SSSR count). The molecule has 3 fully saturated rings. The highest BCUT2D eigenvalue weighted by Gasteiger charge is 2.53. The smallest absolute Gasteiger partial charge is 0.311 e. The lowest BCUT2D eigenvalue weighted by molar-refractivity contribution is -0.317. The minimum Gasteiger partial charge on any atom is -0.459 e. The van der Waals surface area contributed by atoms with E-state index in [0.717, 1.165) is 0 Å². The van der Waals surface area contributed by atoms with Gasteiger partial charge in [0, 0.05) is 42.8 Å². The molecule has 3 saturated heterocycles. The average Bonchev–Trinajstić information content (AvgIpc) is 3.09. The number of nitrogens with zero attached hydrogens (tertiary/aromatic N) is 3. The normalized spacial score (nSPS) is 47.6. The molecule has 5 N–H and O–H groups in total. The van der Waals surface area contributed by atoms with Crippen molar-refractivity contribution in [3.05, 3.63) is 0 Å². The second kappa shape index (κ2) is 19.0. The average molecular weight is 788 g/mol. The van der Waals surface area contributed by atoms with E-state index >= 15 is 0 Å². The first-order chi connectivity index (χ1) is 25.3. The van der Waals surface area contributed by atoms with Crippen LogP contribution in [0.25, 0.3) is 0 Å². The first-order valence-electron chi connectivity index (χ1n) is 19.9. The Kier molecular flexibility index (Phi) is 16.5. The number of hydrogen-bond acceptors (Lipinski definition) is 15. The van der Waals surface area contributed by atoms with Crippen molar-refractivity contribution in [2.45, 2.75) is 193 Å². The van der Waals surface area contributed by atoms with Crippen LogP contribution in [-0.4, -0.2) is 153 Å². The number of methoxy groups -OCH3 is 1. The maximum absolute atomic E-state index is 14.3. The number of carbonyl (C=O) groups excluding carboxylic acids is 1. The van der Waals surface area contributed by atoms with Gasteiger partial charge in [-0.1, -0.05) is 27.7 Å². The van der Waals surface area contributed by atoms with Gasteiger partial charge in [-0.25, -0.2) is 0 Å². The van der Waals surface area contributed by atoms with Gasteiger partial charge < -0.3 is 58.9 Å². The molecule has 0 spiro atoms. The van der Waals surface area contributed by atoms with Crippen molar-refractivity contribution in [3.63, 3.8) is 0 Å². The lowest BCUT2D eigenvalue weighted by atomic mass is 9.73. The quantitative estimate of drug-likeness (QED) is 0.137. The van der Waals surface area contributed by atoms with Crippen molar-refractivity contribution in [3.8, 4) is 0 Å². The third kappa shape index (κ3) is 10.9. The molecular formula is C40H73N3O12. The Morgan fingerprint density at radius 2 is 1.55 bits per heavy atom. The van der Waals surface area contributed by atoms with Crippen LogP contribution in [0.3, 0.4) is 0 Å². The zero-order valence-corrected chi connectivity index (χ0v) is 35.9. The van der Waals surface area contributed by atoms with Crippen molar-refractivity contribution in [1.29, 1.82) is 0 Å². The topological polar surface area (TPSA) is 202 Å². The molecule has 0 aliphatic carbocycles. The molecule has 0 amide bonds. The van der Waals surface area contributed by atoms with Crippen LogP contribution >= 0.6 is 0 Å². The van der Waals surface area contributed by atoms with Gasteiger partial charge in [-0.15, -0.1) is 0 Å². The van der Waals surface area contributed by atoms with Gasteiger partial charge in [0.25, 0.3) is 0 Å². The molecule has 15 nitrogen and oxygen atoms in total. The van der Waals surface area contributed by atoms with Crippen LogP contribution in [-0.2, 0) is 33.2 Å². The monoisotopic (exact) mass is 788 g/mol. The molecule has 0 aromatic carbocycles. The zero-order valence-electron chi connectivity index (χ0n) is 35.9. The van der Waals surface area contributed by atoms with Gasteiger partial charge in [0.1, 0.15) is 23.9 Å². The van der Waals surface area contributed by atoms with Crippen LogP contribution in [0.5, 0.6) is 0 Å². The van der Waals surface area contributed by atoms with Crippen LogP contribution in [0.1, 0.15) is 109 Å². The highest BCUT2D eigenvalue weighted by Crippen LogP contribution is 2.41. The lowest BCUT2D eigenvalue weighted by Crippen LogP contribution is -2.61. The maximum atomic E-state index is 14.3. The van der Waals surface area contributed by atoms with Crippen LogP contribution < -0.4 is 0 Å². The third-order valence-corrected chi connectivity index (χ3v) is 12.2. The number of likely N-dealkylation sites (N-methyl/N-ethyl adjacent to an activating group) is 1. The van der Waals surface area contributed by atoms with Crippen molar-refractivity contribution in [2.24, 2.45) is 33.9 Å². The summed E-state index contributed by atoms with van der Waals surface area (Å²) in [5, 5.41) is 67.8. The van der Waals surface area contributed by atoms with Crippen molar-refractivity contribution >= 4 is 17.4 Å². The fourth-order valence-corrected chi connectivity index (χ4v) is 8.77. The Labute approximate surface area is 328 Å². The molecule has 15 heteroatoms. The standard InChI is InChI=1S/C40H73N3O12/c1-16-28-40(12,49)33(45)23(6)30(42-41-20(2)3)21(4)18-38(10,48)35(55-37-31(44)27(43(13)14)17-22(5)51-37)24(7)32(25(8)36(47)53-28)54-29-19-39(11,50-15)34(46)26(9)52-29/h21-29,31-35,37,44-46,48-49H,16-19H2,1-15H3/b42-30+/t21-,22-,23+,24+,25-,26+,27+,28-,29+,31-,32+,33-,34+,35-,37+,38-,39-,40-/m1/s1. The highest BCUT2D eigenvalue weighted by molar-refractivity contribution is 5.90. The van der Waals surface area contributed by atoms with Gasteiger partial charge in [0.2, 0.25) is 0 Å². The number of aliphatic hydroxyl groups is 5. The molecule has 0 radical (unpaired) electrons. The summed E-state index contributed by atoms with van der Waals surface area (Å²) >= 11 is 0. The minimum atomic E-state index is -1.91. The minimum absolute atomic E-state index is 0.0292. The summed E-state index contributed by atoms with van der Waals surface area (Å²) < 4.78 is 37.6. The van der Waals surface area contributed by atoms with Gasteiger partial charge in [-0.2, -0.15) is 10.2 Å². The third-order valence-electron chi connectivity index (χ3n) is 12.2. The van der Waals surface area contributed by atoms with Crippen molar-refractivity contribution < 1.29 is 58.7 Å². The maximum Gasteiger partial charge on any atom is 0.311 e. The fourth-order valence-electron chi connectivity index (χ4n) is 8.77. The van der Waals surface area contributed by atoms with Crippen molar-refractivity contribution in [2.75, 3.05) is 21.2 Å². The second-order valence-electron chi connectivity index (χ2n) is 17.6. The summed E-state index contributed by atoms with van der Waals surface area (Å²) in [5.41, 5.74) is -3.60. The van der Waals surface area contributed by atoms with E-state index in [1.807, 2.05) is 32.8 Å². The molecule has 0 aromatic heterocycles. The summed E-state index contributed by atoms with van der Waals surface area (Å²) in [6.45, 7) is 20.7. The fraction of sp³-hybridized carbons (Fsp3) is 0.925. The van der Waals surface area contributed by atoms with Gasteiger partial charge in [-0.3, -0.25) is 4.79 Å². The molecule has 0 bridgehead atoms. The number of aliphatic hydroxyl groups excluding tert-OH is 3. The summed E-state index contributed by atoms with van der Waals surface area (Å²) in [6.07, 6.45) is -9.08. The Bertz CT molecular complexity index is 1320. The van der Waals surface area contributed by atoms with Gasteiger partial charge in [0.15, 0.2) is 12.6 Å². The molecular weight excluding hydrogens is 714 g/mol. The van der Waals surface area contributed by atoms with Crippen LogP contribution in [0.2, 0.25) is 0 Å². The first kappa shape index (κ1) is 47.7. The molecule has 3 aliphatic rings. The van der Waals surface area contributed by atoms with Crippen molar-refractivity contribution in [1.82, 2.24) is 4.90 Å². The molecule has 18 atom stereocenters. The van der Waals surface area contributed by atoms with Crippen LogP contribution in [0.15, 0.2) is 10.2 Å². The summed E-state index contributed by atoms with van der Waals surface area (Å²) in [7, 11) is 5.24. The summed E-state index contributed by atoms with van der Waals surface area (Å²) in [6, 6.07) is -0.308. The van der Waals surface area contributed by atoms with Crippen LogP contribution in [0.4, 0.5) is 0 Å². The van der Waals surface area contributed by atoms with Gasteiger partial charge >= 0.3 is 5.97 Å². The van der Waals surface area contributed by atoms with E-state index in [1.54, 1.807) is 62.3 Å². The molecule has 3 heterocycles. The molecule has 3 aliphatic heterocycles. The largest absolute Gasteiger partial charge is 0.459 e. The van der Waals surface area contributed by atoms with E-state index in [1.165, 1.54) is 14.0 Å². The number of ether oxygens (including phenoxy) is 6. The van der Waals surface area contributed by atoms with E-state index in [2.05, 4.69) is 10.2 Å². The molecule has 0 unspecified atom stereocenters. The predicted molar refractivity (Wildman–Crippen MR) is 207 cm³/mol. The second-order valence-corrected chi connectivity index (χ2v) is 17.6. The number of hydrogen-bond donors (Lipinski definition) is 5. The predicted octanol–water partition coefficient (Wildman–Crippen LogP) is 3.05. The molecule has 0 aromatic rings. The van der Waals surface area contributed by atoms with Crippen LogP contribution in [0, 0.1) is 23.7 Å². The number of carbonyl (C=O) groups is 1. The summed E-state index contributed by atoms with van der Waals surface area (Å²) in [4.78, 5) is 16.2. The van der Waals surface area contributed by atoms with E-state index < -0.39 is 102 Å². The Balaban J connectivity index is 2.27. The Hall–Kier alpha value is -1.63. The molecule has 0 saturated carbocycles. The Morgan fingerprint density at radius 3 is 2.09 bits per heavy atom. The van der Waals surface area contributed by atoms with Gasteiger partial charge in [-0.05, 0) is 94.7 Å². The number of rotatable bonds is 8. The first-order valence-corrected chi connectivity index (χ1v) is 19.9. The van der Waals surface area contributed by atoms with E-state index in [-0.39, 0.29) is 31.4 Å². The van der Waals surface area contributed by atoms with E-state index in [4.69, 9.17) is 28.4 Å². The highest BCUT2D eigenvalue weighted by atomic mass is 16.7. The molecule has 320 valence electrons. The molecule has 55 heavy (non-hydrogen) atoms. The zero-order chi connectivity index (χ0) is 42.0. The SMILES string of the molecule is CC[C@H]1OC(=O)[C@H](C)[C@@H](O[C@H]2C[C@@](C)(OC)[C@@H](O)[C@H](C)O2)[C@H](C)[C@@H](O[C@@H]2O[C@H](C)C[C@H](N(C)C)[C@H]2O)[C@](C)(O)C[C@@H](C)/C(=N\N=C(C)C)[C@H](C)[C@@H](O)[C@]1(C)O. The van der Waals surface area contributed by atoms with Gasteiger partial charge in [0.05, 0.1) is 47.6 Å². The number of esters is 1.